The Bertz CT molecular complexity index is 105. The molecule has 2 heteroatoms. The molecule has 0 rings (SSSR count). The molecular formula is C10H23NO. The maximum atomic E-state index is 9.99. The molecule has 2 nitrogen and oxygen atoms in total. The molecule has 0 radical (unpaired) electrons. The highest BCUT2D eigenvalue weighted by Crippen LogP contribution is 2.19. The Morgan fingerprint density at radius 3 is 2.00 bits per heavy atom. The van der Waals surface area contributed by atoms with Gasteiger partial charge in [-0.05, 0) is 18.8 Å². The lowest BCUT2D eigenvalue weighted by atomic mass is 9.89. The third-order valence-corrected chi connectivity index (χ3v) is 1.27. The highest BCUT2D eigenvalue weighted by atomic mass is 16.1. The van der Waals surface area contributed by atoms with Crippen LogP contribution in [0.3, 0.4) is 0 Å². The zero-order chi connectivity index (χ0) is 10.2. The Labute approximate surface area is 76.7 Å². The van der Waals surface area contributed by atoms with E-state index < -0.39 is 0 Å². The van der Waals surface area contributed by atoms with E-state index in [9.17, 15) is 4.79 Å². The van der Waals surface area contributed by atoms with Crippen LogP contribution >= 0.6 is 0 Å². The molecule has 1 amide bonds. The summed E-state index contributed by atoms with van der Waals surface area (Å²) in [4.78, 5) is 9.99. The second-order valence-corrected chi connectivity index (χ2v) is 3.95. The van der Waals surface area contributed by atoms with E-state index in [1.54, 1.807) is 0 Å². The van der Waals surface area contributed by atoms with Crippen molar-refractivity contribution in [1.82, 2.24) is 5.32 Å². The van der Waals surface area contributed by atoms with E-state index in [1.807, 2.05) is 20.8 Å². The average molecular weight is 173 g/mol. The zero-order valence-electron chi connectivity index (χ0n) is 9.27. The van der Waals surface area contributed by atoms with Gasteiger partial charge in [-0.1, -0.05) is 34.6 Å². The largest absolute Gasteiger partial charge is 0.356 e. The number of carbonyl (C=O) groups is 1. The van der Waals surface area contributed by atoms with Gasteiger partial charge in [0.05, 0.1) is 0 Å². The monoisotopic (exact) mass is 173 g/mol. The van der Waals surface area contributed by atoms with Gasteiger partial charge in [0.15, 0.2) is 0 Å². The van der Waals surface area contributed by atoms with Gasteiger partial charge in [0.2, 0.25) is 6.41 Å². The SMILES string of the molecule is CC.CC(CC(C)(C)C)NC=O. The van der Waals surface area contributed by atoms with Crippen molar-refractivity contribution in [3.05, 3.63) is 0 Å². The smallest absolute Gasteiger partial charge is 0.207 e. The summed E-state index contributed by atoms with van der Waals surface area (Å²) < 4.78 is 0. The van der Waals surface area contributed by atoms with E-state index in [4.69, 9.17) is 0 Å². The Morgan fingerprint density at radius 1 is 1.33 bits per heavy atom. The van der Waals surface area contributed by atoms with Crippen LogP contribution in [-0.4, -0.2) is 12.5 Å². The topological polar surface area (TPSA) is 29.1 Å². The Hall–Kier alpha value is -0.530. The number of hydrogen-bond acceptors (Lipinski definition) is 1. The van der Waals surface area contributed by atoms with Gasteiger partial charge in [-0.15, -0.1) is 0 Å². The second-order valence-electron chi connectivity index (χ2n) is 3.95. The first kappa shape index (κ1) is 14.0. The highest BCUT2D eigenvalue weighted by Gasteiger charge is 2.13. The van der Waals surface area contributed by atoms with Gasteiger partial charge in [0.25, 0.3) is 0 Å². The van der Waals surface area contributed by atoms with Crippen molar-refractivity contribution in [2.45, 2.75) is 54.0 Å². The summed E-state index contributed by atoms with van der Waals surface area (Å²) in [6.45, 7) is 12.5. The first-order valence-electron chi connectivity index (χ1n) is 4.65. The van der Waals surface area contributed by atoms with Gasteiger partial charge < -0.3 is 5.32 Å². The quantitative estimate of drug-likeness (QED) is 0.653. The molecule has 0 saturated carbocycles. The van der Waals surface area contributed by atoms with Crippen LogP contribution in [0.2, 0.25) is 0 Å². The van der Waals surface area contributed by atoms with Crippen molar-refractivity contribution in [1.29, 1.82) is 0 Å². The highest BCUT2D eigenvalue weighted by molar-refractivity contribution is 5.46. The van der Waals surface area contributed by atoms with Gasteiger partial charge in [-0.3, -0.25) is 4.79 Å². The first-order valence-corrected chi connectivity index (χ1v) is 4.65. The average Bonchev–Trinajstić information content (AvgIpc) is 1.88. The maximum absolute atomic E-state index is 9.99. The third-order valence-electron chi connectivity index (χ3n) is 1.27. The molecule has 0 heterocycles. The molecule has 1 atom stereocenters. The summed E-state index contributed by atoms with van der Waals surface area (Å²) in [6, 6.07) is 0.289. The summed E-state index contributed by atoms with van der Waals surface area (Å²) in [5.74, 6) is 0. The van der Waals surface area contributed by atoms with Crippen molar-refractivity contribution in [3.8, 4) is 0 Å². The van der Waals surface area contributed by atoms with Crippen LogP contribution in [0.15, 0.2) is 0 Å². The van der Waals surface area contributed by atoms with Gasteiger partial charge in [0.1, 0.15) is 0 Å². The molecule has 0 aliphatic heterocycles. The minimum Gasteiger partial charge on any atom is -0.356 e. The van der Waals surface area contributed by atoms with Crippen molar-refractivity contribution in [2.75, 3.05) is 0 Å². The number of carbonyl (C=O) groups excluding carboxylic acids is 1. The fourth-order valence-electron chi connectivity index (χ4n) is 1.09. The Morgan fingerprint density at radius 2 is 1.75 bits per heavy atom. The lowest BCUT2D eigenvalue weighted by molar-refractivity contribution is -0.110. The Kier molecular flexibility index (Phi) is 8.34. The minimum absolute atomic E-state index is 0.289. The third kappa shape index (κ3) is 12.2. The standard InChI is InChI=1S/C8H17NO.C2H6/c1-7(9-6-10)5-8(2,3)4;1-2/h6-7H,5H2,1-4H3,(H,9,10);1-2H3. The van der Waals surface area contributed by atoms with E-state index in [2.05, 4.69) is 26.1 Å². The lowest BCUT2D eigenvalue weighted by Crippen LogP contribution is -2.28. The predicted octanol–water partition coefficient (Wildman–Crippen LogP) is 2.58. The van der Waals surface area contributed by atoms with Gasteiger partial charge >= 0.3 is 0 Å². The van der Waals surface area contributed by atoms with Crippen LogP contribution in [0.5, 0.6) is 0 Å². The normalized spacial score (nSPS) is 12.5. The van der Waals surface area contributed by atoms with Crippen LogP contribution < -0.4 is 5.32 Å². The van der Waals surface area contributed by atoms with Crippen LogP contribution in [0.4, 0.5) is 0 Å². The molecule has 0 aromatic carbocycles. The number of nitrogens with one attached hydrogen (secondary N) is 1. The van der Waals surface area contributed by atoms with E-state index in [0.717, 1.165) is 12.8 Å². The van der Waals surface area contributed by atoms with Crippen LogP contribution in [-0.2, 0) is 4.79 Å². The molecule has 0 aliphatic carbocycles. The van der Waals surface area contributed by atoms with E-state index >= 15 is 0 Å². The molecule has 0 aromatic rings. The molecule has 0 aromatic heterocycles. The second kappa shape index (κ2) is 7.14. The first-order chi connectivity index (χ1) is 5.45. The van der Waals surface area contributed by atoms with Crippen LogP contribution in [0.25, 0.3) is 0 Å². The minimum atomic E-state index is 0.289. The van der Waals surface area contributed by atoms with Crippen molar-refractivity contribution in [3.63, 3.8) is 0 Å². The van der Waals surface area contributed by atoms with Crippen LogP contribution in [0, 0.1) is 5.41 Å². The predicted molar refractivity (Wildman–Crippen MR) is 54.1 cm³/mol. The molecule has 0 saturated heterocycles. The Balaban J connectivity index is 0. The van der Waals surface area contributed by atoms with Crippen LogP contribution in [0.1, 0.15) is 48.0 Å². The molecule has 12 heavy (non-hydrogen) atoms. The lowest BCUT2D eigenvalue weighted by Gasteiger charge is -2.22. The van der Waals surface area contributed by atoms with E-state index in [-0.39, 0.29) is 6.04 Å². The summed E-state index contributed by atoms with van der Waals surface area (Å²) in [7, 11) is 0. The number of amides is 1. The fraction of sp³-hybridized carbons (Fsp3) is 0.900. The van der Waals surface area contributed by atoms with Gasteiger partial charge in [0, 0.05) is 6.04 Å². The summed E-state index contributed by atoms with van der Waals surface area (Å²) >= 11 is 0. The fourth-order valence-corrected chi connectivity index (χ4v) is 1.09. The van der Waals surface area contributed by atoms with Gasteiger partial charge in [-0.2, -0.15) is 0 Å². The molecule has 1 N–H and O–H groups in total. The van der Waals surface area contributed by atoms with E-state index in [0.29, 0.717) is 5.41 Å². The number of rotatable bonds is 3. The van der Waals surface area contributed by atoms with Crippen molar-refractivity contribution in [2.24, 2.45) is 5.41 Å². The molecule has 1 unspecified atom stereocenters. The van der Waals surface area contributed by atoms with Gasteiger partial charge in [-0.25, -0.2) is 0 Å². The maximum Gasteiger partial charge on any atom is 0.207 e. The molecule has 0 bridgehead atoms. The van der Waals surface area contributed by atoms with E-state index in [1.165, 1.54) is 0 Å². The zero-order valence-corrected chi connectivity index (χ0v) is 9.27. The molecule has 0 aliphatic rings. The summed E-state index contributed by atoms with van der Waals surface area (Å²) in [5, 5.41) is 2.72. The molecule has 0 spiro atoms. The summed E-state index contributed by atoms with van der Waals surface area (Å²) in [6.07, 6.45) is 1.78. The number of hydrogen-bond donors (Lipinski definition) is 1. The van der Waals surface area contributed by atoms with Crippen molar-refractivity contribution >= 4 is 6.41 Å². The molecular weight excluding hydrogens is 150 g/mol. The van der Waals surface area contributed by atoms with Crippen molar-refractivity contribution < 1.29 is 4.79 Å². The molecule has 0 fully saturated rings. The summed E-state index contributed by atoms with van der Waals surface area (Å²) in [5.41, 5.74) is 0.301. The molecule has 74 valence electrons.